The second-order valence-corrected chi connectivity index (χ2v) is 7.92. The first kappa shape index (κ1) is 19.7. The molecule has 1 aliphatic rings. The molecule has 0 radical (unpaired) electrons. The molecule has 0 saturated heterocycles. The van der Waals surface area contributed by atoms with Crippen LogP contribution in [0, 0.1) is 11.3 Å². The van der Waals surface area contributed by atoms with Gasteiger partial charge in [-0.15, -0.1) is 0 Å². The molecule has 0 aliphatic heterocycles. The zero-order valence-corrected chi connectivity index (χ0v) is 17.2. The van der Waals surface area contributed by atoms with Crippen LogP contribution in [0.2, 0.25) is 10.0 Å². The lowest BCUT2D eigenvalue weighted by atomic mass is 9.93. The Hall–Kier alpha value is -2.60. The minimum Gasteiger partial charge on any atom is -0.393 e. The molecule has 2 atom stereocenters. The molecule has 1 fully saturated rings. The van der Waals surface area contributed by atoms with Crippen molar-refractivity contribution in [3.05, 3.63) is 33.9 Å². The van der Waals surface area contributed by atoms with Crippen LogP contribution in [-0.2, 0) is 7.05 Å². The van der Waals surface area contributed by atoms with Crippen LogP contribution in [0.5, 0.6) is 0 Å². The van der Waals surface area contributed by atoms with Crippen molar-refractivity contribution in [3.63, 3.8) is 0 Å². The van der Waals surface area contributed by atoms with Gasteiger partial charge in [0.1, 0.15) is 5.52 Å². The first-order valence-electron chi connectivity index (χ1n) is 9.25. The van der Waals surface area contributed by atoms with E-state index >= 15 is 0 Å². The molecule has 0 amide bonds. The first-order valence-corrected chi connectivity index (χ1v) is 10.0. The highest BCUT2D eigenvalue weighted by atomic mass is 35.5. The van der Waals surface area contributed by atoms with Gasteiger partial charge in [-0.1, -0.05) is 23.2 Å². The number of aliphatic hydroxyl groups is 1. The van der Waals surface area contributed by atoms with Crippen molar-refractivity contribution in [1.82, 2.24) is 19.5 Å². The number of aliphatic hydroxyl groups excluding tert-OH is 1. The summed E-state index contributed by atoms with van der Waals surface area (Å²) in [5.41, 5.74) is 2.10. The number of rotatable bonds is 4. The fraction of sp³-hybridized carbons (Fsp3) is 0.368. The van der Waals surface area contributed by atoms with Gasteiger partial charge in [0, 0.05) is 13.1 Å². The summed E-state index contributed by atoms with van der Waals surface area (Å²) in [5, 5.41) is 25.9. The molecule has 3 aromatic rings. The van der Waals surface area contributed by atoms with Crippen molar-refractivity contribution in [2.24, 2.45) is 7.05 Å². The van der Waals surface area contributed by atoms with Crippen molar-refractivity contribution >= 4 is 51.9 Å². The van der Waals surface area contributed by atoms with Crippen LogP contribution in [0.3, 0.4) is 0 Å². The lowest BCUT2D eigenvalue weighted by Crippen LogP contribution is -2.30. The Morgan fingerprint density at radius 1 is 1.24 bits per heavy atom. The van der Waals surface area contributed by atoms with Crippen LogP contribution in [0.25, 0.3) is 11.2 Å². The molecule has 4 rings (SSSR count). The summed E-state index contributed by atoms with van der Waals surface area (Å²) in [4.78, 5) is 13.4. The number of halogens is 2. The van der Waals surface area contributed by atoms with Gasteiger partial charge in [0.25, 0.3) is 0 Å². The van der Waals surface area contributed by atoms with Crippen molar-refractivity contribution in [2.45, 2.75) is 37.8 Å². The topological polar surface area (TPSA) is 112 Å². The third-order valence-corrected chi connectivity index (χ3v) is 5.60. The average molecular weight is 432 g/mol. The molecule has 3 N–H and O–H groups in total. The Kier molecular flexibility index (Phi) is 5.46. The smallest absolute Gasteiger partial charge is 0.224 e. The number of hydrogen-bond donors (Lipinski definition) is 3. The van der Waals surface area contributed by atoms with E-state index in [-0.39, 0.29) is 12.1 Å². The second-order valence-electron chi connectivity index (χ2n) is 7.11. The van der Waals surface area contributed by atoms with E-state index in [0.717, 1.165) is 19.3 Å². The van der Waals surface area contributed by atoms with Crippen LogP contribution >= 0.6 is 23.2 Å². The molecule has 2 aromatic heterocycles. The van der Waals surface area contributed by atoms with Crippen LogP contribution in [0.4, 0.5) is 17.6 Å². The molecule has 29 heavy (non-hydrogen) atoms. The fourth-order valence-electron chi connectivity index (χ4n) is 3.51. The summed E-state index contributed by atoms with van der Waals surface area (Å²) >= 11 is 12.5. The van der Waals surface area contributed by atoms with E-state index in [9.17, 15) is 5.11 Å². The van der Waals surface area contributed by atoms with Crippen LogP contribution in [0.15, 0.2) is 18.3 Å². The van der Waals surface area contributed by atoms with Crippen molar-refractivity contribution < 1.29 is 5.11 Å². The van der Waals surface area contributed by atoms with E-state index in [0.29, 0.717) is 50.8 Å². The molecule has 0 spiro atoms. The molecule has 2 heterocycles. The van der Waals surface area contributed by atoms with E-state index in [1.807, 2.05) is 13.1 Å². The van der Waals surface area contributed by atoms with E-state index in [1.165, 1.54) is 0 Å². The van der Waals surface area contributed by atoms with E-state index < -0.39 is 0 Å². The summed E-state index contributed by atoms with van der Waals surface area (Å²) in [7, 11) is 1.82. The Balaban J connectivity index is 1.61. The van der Waals surface area contributed by atoms with Gasteiger partial charge in [0.2, 0.25) is 11.9 Å². The van der Waals surface area contributed by atoms with Gasteiger partial charge < -0.3 is 15.7 Å². The maximum absolute atomic E-state index is 9.85. The number of fused-ring (bicyclic) bond motifs is 1. The minimum absolute atomic E-state index is 0.151. The predicted molar refractivity (Wildman–Crippen MR) is 113 cm³/mol. The maximum atomic E-state index is 9.85. The number of benzene rings is 1. The van der Waals surface area contributed by atoms with Gasteiger partial charge in [-0.3, -0.25) is 4.57 Å². The Labute approximate surface area is 177 Å². The third kappa shape index (κ3) is 4.08. The first-order chi connectivity index (χ1) is 13.9. The highest BCUT2D eigenvalue weighted by molar-refractivity contribution is 6.39. The minimum atomic E-state index is -0.278. The number of nitrogens with one attached hydrogen (secondary N) is 2. The summed E-state index contributed by atoms with van der Waals surface area (Å²) in [6.45, 7) is 0. The van der Waals surface area contributed by atoms with E-state index in [2.05, 4.69) is 25.6 Å². The number of hydrogen-bond acceptors (Lipinski definition) is 7. The standard InChI is InChI=1S/C19H19Cl2N7O/c1-28-17-15(9-23-18(27-17)24-11-3-2-4-12(29)7-11)25-19(28)26-16-13(20)5-10(8-22)6-14(16)21/h5-6,9,11-12,29H,2-4,7H2,1H3,(H,25,26)(H,23,24,27)/t11-,12?/m1/s1. The number of nitriles is 1. The highest BCUT2D eigenvalue weighted by Crippen LogP contribution is 2.34. The van der Waals surface area contributed by atoms with Crippen molar-refractivity contribution in [1.29, 1.82) is 5.26 Å². The van der Waals surface area contributed by atoms with E-state index in [4.69, 9.17) is 28.5 Å². The van der Waals surface area contributed by atoms with Crippen molar-refractivity contribution in [2.75, 3.05) is 10.6 Å². The highest BCUT2D eigenvalue weighted by Gasteiger charge is 2.21. The zero-order valence-electron chi connectivity index (χ0n) is 15.7. The monoisotopic (exact) mass is 431 g/mol. The molecule has 1 aliphatic carbocycles. The molecular weight excluding hydrogens is 413 g/mol. The molecule has 150 valence electrons. The largest absolute Gasteiger partial charge is 0.393 e. The maximum Gasteiger partial charge on any atom is 0.224 e. The van der Waals surface area contributed by atoms with Crippen LogP contribution < -0.4 is 10.6 Å². The fourth-order valence-corrected chi connectivity index (χ4v) is 4.09. The number of aryl methyl sites for hydroxylation is 1. The summed E-state index contributed by atoms with van der Waals surface area (Å²) in [6.07, 6.45) is 4.86. The van der Waals surface area contributed by atoms with Crippen LogP contribution in [0.1, 0.15) is 31.2 Å². The van der Waals surface area contributed by atoms with Crippen LogP contribution in [-0.4, -0.2) is 36.8 Å². The summed E-state index contributed by atoms with van der Waals surface area (Å²) in [5.74, 6) is 0.994. The molecule has 0 bridgehead atoms. The van der Waals surface area contributed by atoms with Gasteiger partial charge in [0.15, 0.2) is 5.65 Å². The number of anilines is 3. The van der Waals surface area contributed by atoms with Gasteiger partial charge in [-0.2, -0.15) is 10.2 Å². The molecular formula is C19H19Cl2N7O. The molecule has 1 saturated carbocycles. The number of aromatic nitrogens is 4. The zero-order chi connectivity index (χ0) is 20.5. The lowest BCUT2D eigenvalue weighted by Gasteiger charge is -2.26. The SMILES string of the molecule is Cn1c(Nc2c(Cl)cc(C#N)cc2Cl)nc2cnc(N[C@@H]3CCCC(O)C3)nc21. The normalized spacial score (nSPS) is 19.1. The average Bonchev–Trinajstić information content (AvgIpc) is 3.00. The van der Waals surface area contributed by atoms with E-state index in [1.54, 1.807) is 22.9 Å². The van der Waals surface area contributed by atoms with Crippen molar-refractivity contribution in [3.8, 4) is 6.07 Å². The quantitative estimate of drug-likeness (QED) is 0.571. The summed E-state index contributed by atoms with van der Waals surface area (Å²) in [6, 6.07) is 5.25. The summed E-state index contributed by atoms with van der Waals surface area (Å²) < 4.78 is 1.78. The third-order valence-electron chi connectivity index (χ3n) is 5.00. The number of imidazole rings is 1. The molecule has 10 heteroatoms. The van der Waals surface area contributed by atoms with Gasteiger partial charge >= 0.3 is 0 Å². The Bertz CT molecular complexity index is 1080. The van der Waals surface area contributed by atoms with Gasteiger partial charge in [0.05, 0.1) is 39.7 Å². The number of nitrogens with zero attached hydrogens (tertiary/aromatic N) is 5. The predicted octanol–water partition coefficient (Wildman–Crippen LogP) is 4.00. The Morgan fingerprint density at radius 2 is 2.00 bits per heavy atom. The van der Waals surface area contributed by atoms with Gasteiger partial charge in [-0.05, 0) is 37.8 Å². The molecule has 1 aromatic carbocycles. The van der Waals surface area contributed by atoms with Gasteiger partial charge in [-0.25, -0.2) is 9.97 Å². The molecule has 1 unspecified atom stereocenters. The Morgan fingerprint density at radius 3 is 2.69 bits per heavy atom. The lowest BCUT2D eigenvalue weighted by molar-refractivity contribution is 0.124. The molecule has 8 nitrogen and oxygen atoms in total. The second kappa shape index (κ2) is 8.03.